The zero-order valence-electron chi connectivity index (χ0n) is 12.8. The third-order valence-electron chi connectivity index (χ3n) is 4.20. The SMILES string of the molecule is CC(CNC(=O)c1ccc(F)c(F)c1)N1CCc2sccc2C1. The Kier molecular flexibility index (Phi) is 4.73. The molecule has 1 aliphatic heterocycles. The molecular weight excluding hydrogens is 318 g/mol. The van der Waals surface area contributed by atoms with Crippen molar-refractivity contribution in [3.05, 3.63) is 57.3 Å². The van der Waals surface area contributed by atoms with Crippen LogP contribution in [0.4, 0.5) is 8.78 Å². The third kappa shape index (κ3) is 3.59. The van der Waals surface area contributed by atoms with E-state index in [1.807, 2.05) is 0 Å². The van der Waals surface area contributed by atoms with E-state index in [9.17, 15) is 13.6 Å². The standard InChI is InChI=1S/C17H18F2N2OS/c1-11(21-6-4-16-13(10-21)5-7-23-16)9-20-17(22)12-2-3-14(18)15(19)8-12/h2-3,5,7-8,11H,4,6,9-10H2,1H3,(H,20,22). The van der Waals surface area contributed by atoms with Crippen molar-refractivity contribution in [1.29, 1.82) is 0 Å². The molecule has 0 aliphatic carbocycles. The number of halogens is 2. The number of nitrogens with one attached hydrogen (secondary N) is 1. The molecule has 1 N–H and O–H groups in total. The molecule has 0 bridgehead atoms. The highest BCUT2D eigenvalue weighted by atomic mass is 32.1. The molecule has 2 heterocycles. The van der Waals surface area contributed by atoms with E-state index in [4.69, 9.17) is 0 Å². The fourth-order valence-electron chi connectivity index (χ4n) is 2.76. The molecule has 6 heteroatoms. The first kappa shape index (κ1) is 16.1. The van der Waals surface area contributed by atoms with Crippen LogP contribution in [0.1, 0.15) is 27.7 Å². The average Bonchev–Trinajstić information content (AvgIpc) is 3.02. The van der Waals surface area contributed by atoms with Crippen molar-refractivity contribution in [2.45, 2.75) is 25.9 Å². The molecule has 0 saturated carbocycles. The van der Waals surface area contributed by atoms with Gasteiger partial charge in [-0.2, -0.15) is 0 Å². The minimum absolute atomic E-state index is 0.134. The summed E-state index contributed by atoms with van der Waals surface area (Å²) in [5.41, 5.74) is 1.50. The average molecular weight is 336 g/mol. The molecule has 1 aromatic carbocycles. The van der Waals surface area contributed by atoms with Gasteiger partial charge in [0, 0.05) is 36.1 Å². The van der Waals surface area contributed by atoms with Crippen molar-refractivity contribution in [2.75, 3.05) is 13.1 Å². The number of carbonyl (C=O) groups is 1. The molecule has 3 rings (SSSR count). The van der Waals surface area contributed by atoms with Gasteiger partial charge in [0.1, 0.15) is 0 Å². The van der Waals surface area contributed by atoms with Crippen molar-refractivity contribution < 1.29 is 13.6 Å². The Balaban J connectivity index is 1.55. The van der Waals surface area contributed by atoms with Gasteiger partial charge in [0.2, 0.25) is 0 Å². The highest BCUT2D eigenvalue weighted by Gasteiger charge is 2.22. The van der Waals surface area contributed by atoms with Crippen molar-refractivity contribution in [1.82, 2.24) is 10.2 Å². The van der Waals surface area contributed by atoms with Gasteiger partial charge < -0.3 is 5.32 Å². The monoisotopic (exact) mass is 336 g/mol. The molecule has 122 valence electrons. The van der Waals surface area contributed by atoms with Gasteiger partial charge in [0.15, 0.2) is 11.6 Å². The number of thiophene rings is 1. The minimum atomic E-state index is -1.01. The molecule has 0 fully saturated rings. The third-order valence-corrected chi connectivity index (χ3v) is 5.22. The summed E-state index contributed by atoms with van der Waals surface area (Å²) in [5, 5.41) is 4.91. The van der Waals surface area contributed by atoms with Gasteiger partial charge in [0.25, 0.3) is 5.91 Å². The summed E-state index contributed by atoms with van der Waals surface area (Å²) in [4.78, 5) is 15.8. The van der Waals surface area contributed by atoms with Crippen LogP contribution in [0.5, 0.6) is 0 Å². The van der Waals surface area contributed by atoms with E-state index in [2.05, 4.69) is 28.6 Å². The van der Waals surface area contributed by atoms with Crippen LogP contribution in [0.15, 0.2) is 29.6 Å². The zero-order valence-corrected chi connectivity index (χ0v) is 13.6. The van der Waals surface area contributed by atoms with E-state index >= 15 is 0 Å². The maximum absolute atomic E-state index is 13.2. The molecule has 1 aromatic heterocycles. The minimum Gasteiger partial charge on any atom is -0.350 e. The summed E-state index contributed by atoms with van der Waals surface area (Å²) in [5.74, 6) is -2.34. The van der Waals surface area contributed by atoms with Crippen LogP contribution >= 0.6 is 11.3 Å². The number of rotatable bonds is 4. The van der Waals surface area contributed by atoms with Crippen molar-refractivity contribution in [3.8, 4) is 0 Å². The summed E-state index contributed by atoms with van der Waals surface area (Å²) >= 11 is 1.79. The summed E-state index contributed by atoms with van der Waals surface area (Å²) in [7, 11) is 0. The molecule has 0 spiro atoms. The van der Waals surface area contributed by atoms with Gasteiger partial charge in [-0.05, 0) is 48.6 Å². The second-order valence-electron chi connectivity index (χ2n) is 5.78. The number of benzene rings is 1. The summed E-state index contributed by atoms with van der Waals surface area (Å²) in [6.07, 6.45) is 1.04. The Morgan fingerprint density at radius 3 is 2.96 bits per heavy atom. The van der Waals surface area contributed by atoms with E-state index in [1.165, 1.54) is 16.5 Å². The highest BCUT2D eigenvalue weighted by molar-refractivity contribution is 7.10. The lowest BCUT2D eigenvalue weighted by Crippen LogP contribution is -2.44. The molecular formula is C17H18F2N2OS. The molecule has 1 aliphatic rings. The fourth-order valence-corrected chi connectivity index (χ4v) is 3.65. The lowest BCUT2D eigenvalue weighted by molar-refractivity contribution is 0.0932. The second kappa shape index (κ2) is 6.76. The molecule has 3 nitrogen and oxygen atoms in total. The molecule has 1 atom stereocenters. The molecule has 1 amide bonds. The highest BCUT2D eigenvalue weighted by Crippen LogP contribution is 2.25. The normalized spacial score (nSPS) is 16.0. The van der Waals surface area contributed by atoms with Crippen molar-refractivity contribution in [3.63, 3.8) is 0 Å². The number of hydrogen-bond acceptors (Lipinski definition) is 3. The number of fused-ring (bicyclic) bond motifs is 1. The summed E-state index contributed by atoms with van der Waals surface area (Å²) < 4.78 is 26.1. The first-order chi connectivity index (χ1) is 11.0. The van der Waals surface area contributed by atoms with E-state index in [1.54, 1.807) is 11.3 Å². The number of nitrogens with zero attached hydrogens (tertiary/aromatic N) is 1. The van der Waals surface area contributed by atoms with E-state index in [0.717, 1.165) is 31.6 Å². The lowest BCUT2D eigenvalue weighted by Gasteiger charge is -2.32. The van der Waals surface area contributed by atoms with Crippen LogP contribution in [0, 0.1) is 11.6 Å². The predicted molar refractivity (Wildman–Crippen MR) is 86.6 cm³/mol. The van der Waals surface area contributed by atoms with Crippen molar-refractivity contribution >= 4 is 17.2 Å². The molecule has 1 unspecified atom stereocenters. The zero-order chi connectivity index (χ0) is 16.4. The lowest BCUT2D eigenvalue weighted by atomic mass is 10.1. The van der Waals surface area contributed by atoms with Crippen LogP contribution in [-0.4, -0.2) is 29.9 Å². The Morgan fingerprint density at radius 1 is 1.35 bits per heavy atom. The quantitative estimate of drug-likeness (QED) is 0.930. The van der Waals surface area contributed by atoms with E-state index < -0.39 is 11.6 Å². The van der Waals surface area contributed by atoms with Gasteiger partial charge >= 0.3 is 0 Å². The summed E-state index contributed by atoms with van der Waals surface area (Å²) in [6.45, 7) is 4.39. The smallest absolute Gasteiger partial charge is 0.251 e. The fraction of sp³-hybridized carbons (Fsp3) is 0.353. The molecule has 2 aromatic rings. The van der Waals surface area contributed by atoms with E-state index in [-0.39, 0.29) is 17.5 Å². The van der Waals surface area contributed by atoms with Crippen LogP contribution in [0.25, 0.3) is 0 Å². The van der Waals surface area contributed by atoms with Gasteiger partial charge in [-0.3, -0.25) is 9.69 Å². The Labute approximate surface area is 137 Å². The van der Waals surface area contributed by atoms with Gasteiger partial charge in [-0.25, -0.2) is 8.78 Å². The van der Waals surface area contributed by atoms with Gasteiger partial charge in [-0.15, -0.1) is 11.3 Å². The molecule has 0 saturated heterocycles. The van der Waals surface area contributed by atoms with E-state index in [0.29, 0.717) is 6.54 Å². The number of hydrogen-bond donors (Lipinski definition) is 1. The summed E-state index contributed by atoms with van der Waals surface area (Å²) in [6, 6.07) is 5.51. The van der Waals surface area contributed by atoms with Crippen LogP contribution < -0.4 is 5.32 Å². The molecule has 0 radical (unpaired) electrons. The topological polar surface area (TPSA) is 32.3 Å². The maximum Gasteiger partial charge on any atom is 0.251 e. The maximum atomic E-state index is 13.2. The molecule has 23 heavy (non-hydrogen) atoms. The second-order valence-corrected chi connectivity index (χ2v) is 6.78. The van der Waals surface area contributed by atoms with Gasteiger partial charge in [0.05, 0.1) is 0 Å². The van der Waals surface area contributed by atoms with Crippen LogP contribution in [0.2, 0.25) is 0 Å². The predicted octanol–water partition coefficient (Wildman–Crippen LogP) is 3.20. The van der Waals surface area contributed by atoms with Crippen LogP contribution in [-0.2, 0) is 13.0 Å². The number of carbonyl (C=O) groups excluding carboxylic acids is 1. The Morgan fingerprint density at radius 2 is 2.17 bits per heavy atom. The number of amides is 1. The van der Waals surface area contributed by atoms with Crippen LogP contribution in [0.3, 0.4) is 0 Å². The first-order valence-corrected chi connectivity index (χ1v) is 8.45. The Bertz CT molecular complexity index is 716. The first-order valence-electron chi connectivity index (χ1n) is 7.57. The Hall–Kier alpha value is -1.79. The van der Waals surface area contributed by atoms with Gasteiger partial charge in [-0.1, -0.05) is 0 Å². The largest absolute Gasteiger partial charge is 0.350 e. The van der Waals surface area contributed by atoms with Crippen molar-refractivity contribution in [2.24, 2.45) is 0 Å².